The Balaban J connectivity index is 1.50. The summed E-state index contributed by atoms with van der Waals surface area (Å²) in [6.07, 6.45) is 24.0. The van der Waals surface area contributed by atoms with Gasteiger partial charge in [0.1, 0.15) is 0 Å². The van der Waals surface area contributed by atoms with Gasteiger partial charge in [0.05, 0.1) is 11.5 Å². The molecular weight excluding hydrogens is 326 g/mol. The third kappa shape index (κ3) is 5.19. The van der Waals surface area contributed by atoms with Gasteiger partial charge in [-0.25, -0.2) is 0 Å². The molecular formula is C26H43N. The lowest BCUT2D eigenvalue weighted by atomic mass is 9.61. The van der Waals surface area contributed by atoms with E-state index in [4.69, 9.17) is 0 Å². The fraction of sp³-hybridized carbons (Fsp3) is 0.885. The standard InChI is InChI=1S/C26H43N/c1-3-5-6-7-22-10-14-25(15-11-22)26(20-27)18-16-24(17-19-26)23-12-8-21(4-2)9-13-23/h14,21-24H,3-13,15-19H2,1-2H3/t21?,22-,23?,24?,26?/m0/s1. The van der Waals surface area contributed by atoms with Crippen molar-refractivity contribution in [2.45, 2.75) is 117 Å². The largest absolute Gasteiger partial charge is 0.197 e. The lowest BCUT2D eigenvalue weighted by Gasteiger charge is -2.42. The van der Waals surface area contributed by atoms with Crippen LogP contribution in [-0.2, 0) is 0 Å². The van der Waals surface area contributed by atoms with Gasteiger partial charge in [-0.3, -0.25) is 0 Å². The molecule has 1 nitrogen and oxygen atoms in total. The molecule has 1 atom stereocenters. The SMILES string of the molecule is CCCCC[C@H]1CC=C(C2(C#N)CCC(C3CCC(CC)CC3)CC2)CC1. The van der Waals surface area contributed by atoms with Crippen molar-refractivity contribution in [1.29, 1.82) is 5.26 Å². The van der Waals surface area contributed by atoms with Gasteiger partial charge in [-0.15, -0.1) is 0 Å². The van der Waals surface area contributed by atoms with Gasteiger partial charge in [-0.2, -0.15) is 5.26 Å². The number of nitriles is 1. The van der Waals surface area contributed by atoms with E-state index in [1.807, 2.05) is 0 Å². The summed E-state index contributed by atoms with van der Waals surface area (Å²) in [5.41, 5.74) is 1.44. The number of nitrogens with zero attached hydrogens (tertiary/aromatic N) is 1. The van der Waals surface area contributed by atoms with E-state index in [9.17, 15) is 5.26 Å². The molecule has 0 bridgehead atoms. The first-order chi connectivity index (χ1) is 13.2. The highest BCUT2D eigenvalue weighted by Crippen LogP contribution is 2.51. The van der Waals surface area contributed by atoms with Crippen LogP contribution in [0.1, 0.15) is 117 Å². The van der Waals surface area contributed by atoms with Crippen LogP contribution in [-0.4, -0.2) is 0 Å². The van der Waals surface area contributed by atoms with E-state index >= 15 is 0 Å². The highest BCUT2D eigenvalue weighted by molar-refractivity contribution is 5.26. The van der Waals surface area contributed by atoms with Gasteiger partial charge in [-0.05, 0) is 81.5 Å². The zero-order chi connectivity index (χ0) is 19.1. The molecule has 3 rings (SSSR count). The van der Waals surface area contributed by atoms with Gasteiger partial charge in [-0.1, -0.05) is 70.4 Å². The minimum absolute atomic E-state index is 0.0918. The van der Waals surface area contributed by atoms with Crippen molar-refractivity contribution < 1.29 is 0 Å². The van der Waals surface area contributed by atoms with Crippen LogP contribution in [0, 0.1) is 40.4 Å². The predicted octanol–water partition coefficient (Wildman–Crippen LogP) is 8.21. The summed E-state index contributed by atoms with van der Waals surface area (Å²) >= 11 is 0. The third-order valence-electron chi connectivity index (χ3n) is 8.58. The molecule has 0 N–H and O–H groups in total. The smallest absolute Gasteiger partial charge is 0.0782 e. The Bertz CT molecular complexity index is 509. The minimum Gasteiger partial charge on any atom is -0.197 e. The van der Waals surface area contributed by atoms with Crippen LogP contribution in [0.3, 0.4) is 0 Å². The highest BCUT2D eigenvalue weighted by atomic mass is 14.5. The van der Waals surface area contributed by atoms with E-state index in [0.717, 1.165) is 36.5 Å². The van der Waals surface area contributed by atoms with Gasteiger partial charge in [0.25, 0.3) is 0 Å². The molecule has 0 heterocycles. The van der Waals surface area contributed by atoms with Gasteiger partial charge in [0.15, 0.2) is 0 Å². The van der Waals surface area contributed by atoms with Crippen LogP contribution in [0.15, 0.2) is 11.6 Å². The highest BCUT2D eigenvalue weighted by Gasteiger charge is 2.41. The monoisotopic (exact) mass is 369 g/mol. The Labute approximate surface area is 169 Å². The molecule has 0 saturated heterocycles. The first-order valence-electron chi connectivity index (χ1n) is 12.3. The second-order valence-corrected chi connectivity index (χ2v) is 10.1. The Kier molecular flexibility index (Phi) is 7.86. The maximum Gasteiger partial charge on any atom is 0.0782 e. The zero-order valence-electron chi connectivity index (χ0n) is 18.1. The minimum atomic E-state index is -0.0918. The number of unbranched alkanes of at least 4 members (excludes halogenated alkanes) is 2. The molecule has 0 spiro atoms. The van der Waals surface area contributed by atoms with Gasteiger partial charge < -0.3 is 0 Å². The molecule has 0 unspecified atom stereocenters. The number of hydrogen-bond donors (Lipinski definition) is 0. The lowest BCUT2D eigenvalue weighted by Crippen LogP contribution is -2.33. The van der Waals surface area contributed by atoms with Crippen LogP contribution in [0.25, 0.3) is 0 Å². The molecule has 0 aromatic heterocycles. The van der Waals surface area contributed by atoms with E-state index in [0.29, 0.717) is 0 Å². The van der Waals surface area contributed by atoms with Crippen molar-refractivity contribution in [2.75, 3.05) is 0 Å². The molecule has 3 aliphatic carbocycles. The van der Waals surface area contributed by atoms with E-state index in [-0.39, 0.29) is 5.41 Å². The molecule has 1 heteroatoms. The summed E-state index contributed by atoms with van der Waals surface area (Å²) in [4.78, 5) is 0. The Morgan fingerprint density at radius 1 is 0.926 bits per heavy atom. The first-order valence-corrected chi connectivity index (χ1v) is 12.3. The number of rotatable bonds is 7. The molecule has 0 aliphatic heterocycles. The molecule has 3 aliphatic rings. The molecule has 2 saturated carbocycles. The molecule has 0 amide bonds. The second-order valence-electron chi connectivity index (χ2n) is 10.1. The lowest BCUT2D eigenvalue weighted by molar-refractivity contribution is 0.132. The summed E-state index contributed by atoms with van der Waals surface area (Å²) in [5, 5.41) is 10.1. The third-order valence-corrected chi connectivity index (χ3v) is 8.58. The molecule has 0 aromatic carbocycles. The fourth-order valence-electron chi connectivity index (χ4n) is 6.45. The Morgan fingerprint density at radius 3 is 2.19 bits per heavy atom. The second kappa shape index (κ2) is 10.1. The zero-order valence-corrected chi connectivity index (χ0v) is 18.1. The van der Waals surface area contributed by atoms with Crippen LogP contribution in [0.5, 0.6) is 0 Å². The molecule has 152 valence electrons. The number of hydrogen-bond acceptors (Lipinski definition) is 1. The maximum absolute atomic E-state index is 10.1. The van der Waals surface area contributed by atoms with E-state index in [1.165, 1.54) is 95.5 Å². The maximum atomic E-state index is 10.1. The van der Waals surface area contributed by atoms with Crippen molar-refractivity contribution in [3.63, 3.8) is 0 Å². The van der Waals surface area contributed by atoms with Gasteiger partial charge in [0, 0.05) is 0 Å². The summed E-state index contributed by atoms with van der Waals surface area (Å²) in [6, 6.07) is 2.83. The molecule has 2 fully saturated rings. The summed E-state index contributed by atoms with van der Waals surface area (Å²) in [7, 11) is 0. The summed E-state index contributed by atoms with van der Waals surface area (Å²) in [5.74, 6) is 3.77. The van der Waals surface area contributed by atoms with Gasteiger partial charge in [0.2, 0.25) is 0 Å². The predicted molar refractivity (Wildman–Crippen MR) is 115 cm³/mol. The summed E-state index contributed by atoms with van der Waals surface area (Å²) in [6.45, 7) is 4.65. The molecule has 0 aromatic rings. The van der Waals surface area contributed by atoms with Crippen LogP contribution in [0.4, 0.5) is 0 Å². The Hall–Kier alpha value is -0.770. The van der Waals surface area contributed by atoms with E-state index in [2.05, 4.69) is 26.0 Å². The van der Waals surface area contributed by atoms with Crippen LogP contribution < -0.4 is 0 Å². The van der Waals surface area contributed by atoms with Crippen LogP contribution in [0.2, 0.25) is 0 Å². The molecule has 27 heavy (non-hydrogen) atoms. The topological polar surface area (TPSA) is 23.8 Å². The van der Waals surface area contributed by atoms with E-state index in [1.54, 1.807) is 0 Å². The number of allylic oxidation sites excluding steroid dienone is 2. The van der Waals surface area contributed by atoms with Crippen molar-refractivity contribution in [2.24, 2.45) is 29.1 Å². The van der Waals surface area contributed by atoms with Gasteiger partial charge >= 0.3 is 0 Å². The fourth-order valence-corrected chi connectivity index (χ4v) is 6.45. The molecule has 0 radical (unpaired) electrons. The van der Waals surface area contributed by atoms with Crippen molar-refractivity contribution >= 4 is 0 Å². The first kappa shape index (κ1) is 21.0. The quantitative estimate of drug-likeness (QED) is 0.327. The normalized spacial score (nSPS) is 37.4. The Morgan fingerprint density at radius 2 is 1.63 bits per heavy atom. The van der Waals surface area contributed by atoms with Crippen molar-refractivity contribution in [3.8, 4) is 6.07 Å². The van der Waals surface area contributed by atoms with Crippen molar-refractivity contribution in [1.82, 2.24) is 0 Å². The average molecular weight is 370 g/mol. The summed E-state index contributed by atoms with van der Waals surface area (Å²) < 4.78 is 0. The van der Waals surface area contributed by atoms with Crippen LogP contribution >= 0.6 is 0 Å². The van der Waals surface area contributed by atoms with E-state index < -0.39 is 0 Å². The average Bonchev–Trinajstić information content (AvgIpc) is 2.74. The van der Waals surface area contributed by atoms with Crippen molar-refractivity contribution in [3.05, 3.63) is 11.6 Å².